The minimum Gasteiger partial charge on any atom is -0.497 e. The Labute approximate surface area is 149 Å². The molecule has 0 aliphatic heterocycles. The van der Waals surface area contributed by atoms with Gasteiger partial charge in [0, 0.05) is 29.4 Å². The Morgan fingerprint density at radius 3 is 2.84 bits per heavy atom. The van der Waals surface area contributed by atoms with Crippen LogP contribution in [0.1, 0.15) is 5.69 Å². The highest BCUT2D eigenvalue weighted by molar-refractivity contribution is 7.08. The Balaban J connectivity index is 1.56. The van der Waals surface area contributed by atoms with Crippen molar-refractivity contribution >= 4 is 17.2 Å². The zero-order valence-electron chi connectivity index (χ0n) is 13.6. The number of carbonyl (C=O) groups is 1. The molecule has 0 aliphatic carbocycles. The maximum atomic E-state index is 12.0. The second kappa shape index (κ2) is 8.25. The molecule has 0 aliphatic rings. The van der Waals surface area contributed by atoms with Gasteiger partial charge in [-0.05, 0) is 23.6 Å². The summed E-state index contributed by atoms with van der Waals surface area (Å²) in [6.07, 6.45) is 3.26. The van der Waals surface area contributed by atoms with Crippen LogP contribution in [0.5, 0.6) is 11.5 Å². The summed E-state index contributed by atoms with van der Waals surface area (Å²) in [7, 11) is 1.58. The monoisotopic (exact) mass is 355 g/mol. The van der Waals surface area contributed by atoms with Crippen LogP contribution in [-0.4, -0.2) is 29.6 Å². The summed E-state index contributed by atoms with van der Waals surface area (Å²) in [5, 5.41) is 6.79. The van der Waals surface area contributed by atoms with Gasteiger partial charge >= 0.3 is 0 Å². The lowest BCUT2D eigenvalue weighted by Gasteiger charge is -2.10. The molecule has 2 aromatic heterocycles. The molecule has 2 heterocycles. The fourth-order valence-corrected chi connectivity index (χ4v) is 2.85. The molecular weight excluding hydrogens is 338 g/mol. The number of amides is 1. The molecule has 3 aromatic rings. The molecule has 1 aromatic carbocycles. The number of thiophene rings is 1. The standard InChI is InChI=1S/C18H17N3O3S/c1-23-14-3-2-4-15(9-14)24-11-17(22)21-10-16-18(20-7-6-19-16)13-5-8-25-12-13/h2-9,12H,10-11H2,1H3,(H,21,22). The van der Waals surface area contributed by atoms with Crippen molar-refractivity contribution in [1.82, 2.24) is 15.3 Å². The topological polar surface area (TPSA) is 73.3 Å². The van der Waals surface area contributed by atoms with Crippen LogP contribution in [-0.2, 0) is 11.3 Å². The number of rotatable bonds is 7. The van der Waals surface area contributed by atoms with E-state index >= 15 is 0 Å². The molecule has 1 N–H and O–H groups in total. The van der Waals surface area contributed by atoms with E-state index in [9.17, 15) is 4.79 Å². The van der Waals surface area contributed by atoms with Crippen LogP contribution in [0.4, 0.5) is 0 Å². The van der Waals surface area contributed by atoms with E-state index in [2.05, 4.69) is 15.3 Å². The normalized spacial score (nSPS) is 10.3. The lowest BCUT2D eigenvalue weighted by atomic mass is 10.2. The minimum absolute atomic E-state index is 0.0821. The van der Waals surface area contributed by atoms with Crippen LogP contribution < -0.4 is 14.8 Å². The van der Waals surface area contributed by atoms with Crippen LogP contribution in [0, 0.1) is 0 Å². The highest BCUT2D eigenvalue weighted by Crippen LogP contribution is 2.22. The average molecular weight is 355 g/mol. The Bertz CT molecular complexity index is 837. The molecule has 0 spiro atoms. The van der Waals surface area contributed by atoms with Gasteiger partial charge in [0.15, 0.2) is 6.61 Å². The molecule has 7 heteroatoms. The molecule has 0 radical (unpaired) electrons. The fourth-order valence-electron chi connectivity index (χ4n) is 2.21. The number of nitrogens with one attached hydrogen (secondary N) is 1. The van der Waals surface area contributed by atoms with E-state index in [1.54, 1.807) is 49.0 Å². The van der Waals surface area contributed by atoms with E-state index < -0.39 is 0 Å². The van der Waals surface area contributed by atoms with Gasteiger partial charge in [-0.2, -0.15) is 11.3 Å². The third-order valence-corrected chi connectivity index (χ3v) is 4.12. The highest BCUT2D eigenvalue weighted by Gasteiger charge is 2.10. The third-order valence-electron chi connectivity index (χ3n) is 3.43. The molecule has 0 bridgehead atoms. The molecule has 0 saturated heterocycles. The first kappa shape index (κ1) is 16.9. The average Bonchev–Trinajstić information content (AvgIpc) is 3.19. The quantitative estimate of drug-likeness (QED) is 0.705. The van der Waals surface area contributed by atoms with Crippen molar-refractivity contribution in [3.63, 3.8) is 0 Å². The Kier molecular flexibility index (Phi) is 5.58. The highest BCUT2D eigenvalue weighted by atomic mass is 32.1. The van der Waals surface area contributed by atoms with E-state index in [-0.39, 0.29) is 12.5 Å². The molecule has 128 valence electrons. The van der Waals surface area contributed by atoms with Crippen molar-refractivity contribution in [1.29, 1.82) is 0 Å². The lowest BCUT2D eigenvalue weighted by Crippen LogP contribution is -2.29. The molecule has 3 rings (SSSR count). The third kappa shape index (κ3) is 4.54. The zero-order chi connectivity index (χ0) is 17.5. The number of hydrogen-bond acceptors (Lipinski definition) is 6. The van der Waals surface area contributed by atoms with Crippen molar-refractivity contribution in [3.8, 4) is 22.8 Å². The van der Waals surface area contributed by atoms with Crippen molar-refractivity contribution in [2.45, 2.75) is 6.54 Å². The summed E-state index contributed by atoms with van der Waals surface area (Å²) in [5.74, 6) is 1.02. The Morgan fingerprint density at radius 2 is 2.04 bits per heavy atom. The SMILES string of the molecule is COc1cccc(OCC(=O)NCc2nccnc2-c2ccsc2)c1. The smallest absolute Gasteiger partial charge is 0.258 e. The second-order valence-electron chi connectivity index (χ2n) is 5.11. The van der Waals surface area contributed by atoms with Crippen LogP contribution in [0.2, 0.25) is 0 Å². The predicted molar refractivity (Wildman–Crippen MR) is 95.7 cm³/mol. The van der Waals surface area contributed by atoms with Crippen molar-refractivity contribution < 1.29 is 14.3 Å². The number of aromatic nitrogens is 2. The van der Waals surface area contributed by atoms with Crippen LogP contribution in [0.15, 0.2) is 53.5 Å². The van der Waals surface area contributed by atoms with Crippen LogP contribution in [0.3, 0.4) is 0 Å². The van der Waals surface area contributed by atoms with E-state index in [0.29, 0.717) is 18.0 Å². The lowest BCUT2D eigenvalue weighted by molar-refractivity contribution is -0.123. The molecule has 0 fully saturated rings. The van der Waals surface area contributed by atoms with Gasteiger partial charge in [-0.1, -0.05) is 6.07 Å². The molecule has 6 nitrogen and oxygen atoms in total. The summed E-state index contributed by atoms with van der Waals surface area (Å²) in [5.41, 5.74) is 2.49. The Morgan fingerprint density at radius 1 is 1.20 bits per heavy atom. The number of carbonyl (C=O) groups excluding carboxylic acids is 1. The van der Waals surface area contributed by atoms with Gasteiger partial charge in [0.2, 0.25) is 0 Å². The first-order valence-corrected chi connectivity index (χ1v) is 8.56. The second-order valence-corrected chi connectivity index (χ2v) is 5.89. The van der Waals surface area contributed by atoms with Gasteiger partial charge in [0.05, 0.1) is 25.0 Å². The first-order valence-electron chi connectivity index (χ1n) is 7.62. The van der Waals surface area contributed by atoms with Crippen molar-refractivity contribution in [3.05, 3.63) is 59.2 Å². The zero-order valence-corrected chi connectivity index (χ0v) is 14.5. The molecule has 0 saturated carbocycles. The van der Waals surface area contributed by atoms with Crippen molar-refractivity contribution in [2.24, 2.45) is 0 Å². The predicted octanol–water partition coefficient (Wildman–Crippen LogP) is 2.91. The van der Waals surface area contributed by atoms with Crippen LogP contribution >= 0.6 is 11.3 Å². The first-order chi connectivity index (χ1) is 12.3. The van der Waals surface area contributed by atoms with Gasteiger partial charge in [0.25, 0.3) is 5.91 Å². The van der Waals surface area contributed by atoms with Crippen molar-refractivity contribution in [2.75, 3.05) is 13.7 Å². The maximum Gasteiger partial charge on any atom is 0.258 e. The fraction of sp³-hybridized carbons (Fsp3) is 0.167. The molecular formula is C18H17N3O3S. The molecule has 25 heavy (non-hydrogen) atoms. The largest absolute Gasteiger partial charge is 0.497 e. The van der Waals surface area contributed by atoms with E-state index in [1.807, 2.05) is 22.9 Å². The summed E-state index contributed by atoms with van der Waals surface area (Å²) < 4.78 is 10.6. The molecule has 0 unspecified atom stereocenters. The number of ether oxygens (including phenoxy) is 2. The van der Waals surface area contributed by atoms with Gasteiger partial charge in [-0.25, -0.2) is 0 Å². The van der Waals surface area contributed by atoms with E-state index in [4.69, 9.17) is 9.47 Å². The number of nitrogens with zero attached hydrogens (tertiary/aromatic N) is 2. The van der Waals surface area contributed by atoms with Gasteiger partial charge in [-0.3, -0.25) is 14.8 Å². The number of methoxy groups -OCH3 is 1. The van der Waals surface area contributed by atoms with Gasteiger partial charge in [0.1, 0.15) is 11.5 Å². The molecule has 0 atom stereocenters. The Hall–Kier alpha value is -2.93. The maximum absolute atomic E-state index is 12.0. The number of hydrogen-bond donors (Lipinski definition) is 1. The van der Waals surface area contributed by atoms with Gasteiger partial charge < -0.3 is 14.8 Å². The summed E-state index contributed by atoms with van der Waals surface area (Å²) >= 11 is 1.59. The van der Waals surface area contributed by atoms with Crippen LogP contribution in [0.25, 0.3) is 11.3 Å². The minimum atomic E-state index is -0.232. The van der Waals surface area contributed by atoms with Gasteiger partial charge in [-0.15, -0.1) is 0 Å². The van der Waals surface area contributed by atoms with E-state index in [0.717, 1.165) is 17.0 Å². The molecule has 1 amide bonds. The van der Waals surface area contributed by atoms with E-state index in [1.165, 1.54) is 0 Å². The number of benzene rings is 1. The summed E-state index contributed by atoms with van der Waals surface area (Å²) in [4.78, 5) is 20.7. The summed E-state index contributed by atoms with van der Waals surface area (Å²) in [6.45, 7) is 0.209. The summed E-state index contributed by atoms with van der Waals surface area (Å²) in [6, 6.07) is 9.09.